The fourth-order valence-corrected chi connectivity index (χ4v) is 3.95. The van der Waals surface area contributed by atoms with Gasteiger partial charge in [0.2, 0.25) is 0 Å². The van der Waals surface area contributed by atoms with E-state index in [9.17, 15) is 14.4 Å². The van der Waals surface area contributed by atoms with Gasteiger partial charge < -0.3 is 5.32 Å². The van der Waals surface area contributed by atoms with E-state index >= 15 is 0 Å². The maximum absolute atomic E-state index is 13.0. The van der Waals surface area contributed by atoms with Crippen LogP contribution in [0.3, 0.4) is 0 Å². The van der Waals surface area contributed by atoms with Crippen LogP contribution in [-0.4, -0.2) is 29.2 Å². The van der Waals surface area contributed by atoms with Crippen LogP contribution >= 0.6 is 11.3 Å². The molecule has 0 bridgehead atoms. The van der Waals surface area contributed by atoms with Crippen molar-refractivity contribution in [3.8, 4) is 0 Å². The highest BCUT2D eigenvalue weighted by Gasteiger charge is 2.51. The molecule has 0 spiro atoms. The summed E-state index contributed by atoms with van der Waals surface area (Å²) in [6.07, 6.45) is 1.28. The number of thiophene rings is 1. The zero-order chi connectivity index (χ0) is 18.0. The fraction of sp³-hybridized carbons (Fsp3) is 0.316. The van der Waals surface area contributed by atoms with Crippen molar-refractivity contribution in [1.29, 1.82) is 0 Å². The number of aryl methyl sites for hydroxylation is 1. The number of imide groups is 1. The van der Waals surface area contributed by atoms with E-state index in [1.807, 2.05) is 50.2 Å². The van der Waals surface area contributed by atoms with Crippen LogP contribution in [0.15, 0.2) is 42.5 Å². The van der Waals surface area contributed by atoms with E-state index in [0.29, 0.717) is 11.3 Å². The summed E-state index contributed by atoms with van der Waals surface area (Å²) in [7, 11) is 0. The summed E-state index contributed by atoms with van der Waals surface area (Å²) in [6, 6.07) is 12.3. The summed E-state index contributed by atoms with van der Waals surface area (Å²) in [5.74, 6) is -0.583. The van der Waals surface area contributed by atoms with Gasteiger partial charge in [0, 0.05) is 4.88 Å². The number of Topliss-reactive ketones (excluding diaryl/α,β-unsaturated/α-hetero) is 1. The Balaban J connectivity index is 1.85. The third-order valence-corrected chi connectivity index (χ3v) is 5.83. The van der Waals surface area contributed by atoms with E-state index in [0.717, 1.165) is 21.8 Å². The number of hydrogen-bond acceptors (Lipinski definition) is 4. The van der Waals surface area contributed by atoms with Crippen LogP contribution in [0.25, 0.3) is 0 Å². The van der Waals surface area contributed by atoms with Crippen LogP contribution in [0.5, 0.6) is 0 Å². The lowest BCUT2D eigenvalue weighted by Gasteiger charge is -2.25. The van der Waals surface area contributed by atoms with Crippen molar-refractivity contribution in [1.82, 2.24) is 10.2 Å². The van der Waals surface area contributed by atoms with Crippen molar-refractivity contribution < 1.29 is 14.4 Å². The SMILES string of the molecule is CCc1ccc(C(=O)CN2C(=O)NC(CC)(c3ccccc3)C2=O)s1. The quantitative estimate of drug-likeness (QED) is 0.637. The molecule has 0 saturated carbocycles. The first-order valence-corrected chi connectivity index (χ1v) is 9.15. The largest absolute Gasteiger partial charge is 0.325 e. The molecule has 1 aliphatic heterocycles. The molecule has 0 radical (unpaired) electrons. The monoisotopic (exact) mass is 356 g/mol. The molecule has 1 aromatic carbocycles. The molecule has 1 aliphatic rings. The van der Waals surface area contributed by atoms with Gasteiger partial charge in [0.15, 0.2) is 5.78 Å². The molecular weight excluding hydrogens is 336 g/mol. The minimum atomic E-state index is -1.09. The molecule has 3 rings (SSSR count). The third kappa shape index (κ3) is 2.98. The van der Waals surface area contributed by atoms with Crippen molar-refractivity contribution in [2.75, 3.05) is 6.54 Å². The zero-order valence-corrected chi connectivity index (χ0v) is 15.1. The maximum Gasteiger partial charge on any atom is 0.325 e. The topological polar surface area (TPSA) is 66.5 Å². The van der Waals surface area contributed by atoms with E-state index in [1.165, 1.54) is 11.3 Å². The second-order valence-corrected chi connectivity index (χ2v) is 7.16. The van der Waals surface area contributed by atoms with E-state index in [-0.39, 0.29) is 18.2 Å². The molecule has 6 heteroatoms. The summed E-state index contributed by atoms with van der Waals surface area (Å²) in [5.41, 5.74) is -0.363. The summed E-state index contributed by atoms with van der Waals surface area (Å²) >= 11 is 1.41. The Morgan fingerprint density at radius 2 is 1.84 bits per heavy atom. The predicted molar refractivity (Wildman–Crippen MR) is 96.7 cm³/mol. The molecule has 3 amide bonds. The summed E-state index contributed by atoms with van der Waals surface area (Å²) < 4.78 is 0. The molecule has 5 nitrogen and oxygen atoms in total. The highest BCUT2D eigenvalue weighted by Crippen LogP contribution is 2.32. The van der Waals surface area contributed by atoms with Crippen molar-refractivity contribution >= 4 is 29.1 Å². The molecule has 1 atom stereocenters. The second kappa shape index (κ2) is 6.80. The number of ketones is 1. The molecule has 130 valence electrons. The number of hydrogen-bond donors (Lipinski definition) is 1. The highest BCUT2D eigenvalue weighted by molar-refractivity contribution is 7.14. The van der Waals surface area contributed by atoms with E-state index in [1.54, 1.807) is 6.07 Å². The summed E-state index contributed by atoms with van der Waals surface area (Å²) in [6.45, 7) is 3.64. The molecule has 2 heterocycles. The number of urea groups is 1. The zero-order valence-electron chi connectivity index (χ0n) is 14.2. The van der Waals surface area contributed by atoms with Gasteiger partial charge in [-0.25, -0.2) is 4.79 Å². The molecular formula is C19H20N2O3S. The molecule has 0 aliphatic carbocycles. The minimum Gasteiger partial charge on any atom is -0.319 e. The van der Waals surface area contributed by atoms with Crippen LogP contribution in [0.2, 0.25) is 0 Å². The first-order chi connectivity index (χ1) is 12.0. The van der Waals surface area contributed by atoms with Gasteiger partial charge in [0.25, 0.3) is 5.91 Å². The molecule has 1 saturated heterocycles. The van der Waals surface area contributed by atoms with Gasteiger partial charge in [-0.15, -0.1) is 11.3 Å². The van der Waals surface area contributed by atoms with Gasteiger partial charge in [-0.05, 0) is 30.5 Å². The lowest BCUT2D eigenvalue weighted by molar-refractivity contribution is -0.131. The Bertz CT molecular complexity index is 815. The Labute approximate surface area is 150 Å². The van der Waals surface area contributed by atoms with Crippen LogP contribution in [0.4, 0.5) is 4.79 Å². The van der Waals surface area contributed by atoms with Gasteiger partial charge in [0.1, 0.15) is 5.54 Å². The lowest BCUT2D eigenvalue weighted by Crippen LogP contribution is -2.43. The van der Waals surface area contributed by atoms with Gasteiger partial charge in [-0.2, -0.15) is 0 Å². The predicted octanol–water partition coefficient (Wildman–Crippen LogP) is 3.35. The molecule has 1 unspecified atom stereocenters. The van der Waals surface area contributed by atoms with Gasteiger partial charge in [-0.3, -0.25) is 14.5 Å². The second-order valence-electron chi connectivity index (χ2n) is 5.99. The first-order valence-electron chi connectivity index (χ1n) is 8.33. The average Bonchev–Trinajstić information content (AvgIpc) is 3.21. The Kier molecular flexibility index (Phi) is 4.72. The number of rotatable bonds is 6. The number of carbonyl (C=O) groups excluding carboxylic acids is 3. The summed E-state index contributed by atoms with van der Waals surface area (Å²) in [4.78, 5) is 40.6. The fourth-order valence-electron chi connectivity index (χ4n) is 3.07. The average molecular weight is 356 g/mol. The molecule has 1 aromatic heterocycles. The Morgan fingerprint density at radius 3 is 2.44 bits per heavy atom. The van der Waals surface area contributed by atoms with Crippen LogP contribution in [0.1, 0.15) is 40.4 Å². The van der Waals surface area contributed by atoms with Crippen molar-refractivity contribution in [3.63, 3.8) is 0 Å². The number of nitrogens with zero attached hydrogens (tertiary/aromatic N) is 1. The molecule has 1 N–H and O–H groups in total. The highest BCUT2D eigenvalue weighted by atomic mass is 32.1. The van der Waals surface area contributed by atoms with Crippen molar-refractivity contribution in [3.05, 3.63) is 57.8 Å². The smallest absolute Gasteiger partial charge is 0.319 e. The van der Waals surface area contributed by atoms with Gasteiger partial charge in [0.05, 0.1) is 11.4 Å². The van der Waals surface area contributed by atoms with Gasteiger partial charge in [-0.1, -0.05) is 44.2 Å². The van der Waals surface area contributed by atoms with Crippen LogP contribution in [0, 0.1) is 0 Å². The third-order valence-electron chi connectivity index (χ3n) is 4.56. The molecule has 1 fully saturated rings. The van der Waals surface area contributed by atoms with E-state index in [2.05, 4.69) is 5.32 Å². The minimum absolute atomic E-state index is 0.215. The van der Waals surface area contributed by atoms with Crippen molar-refractivity contribution in [2.24, 2.45) is 0 Å². The van der Waals surface area contributed by atoms with Crippen LogP contribution < -0.4 is 5.32 Å². The van der Waals surface area contributed by atoms with E-state index < -0.39 is 11.6 Å². The van der Waals surface area contributed by atoms with Gasteiger partial charge >= 0.3 is 6.03 Å². The lowest BCUT2D eigenvalue weighted by atomic mass is 9.87. The number of amides is 3. The number of carbonyl (C=O) groups is 3. The van der Waals surface area contributed by atoms with E-state index in [4.69, 9.17) is 0 Å². The molecule has 25 heavy (non-hydrogen) atoms. The molecule has 2 aromatic rings. The van der Waals surface area contributed by atoms with Crippen molar-refractivity contribution in [2.45, 2.75) is 32.2 Å². The Hall–Kier alpha value is -2.47. The Morgan fingerprint density at radius 1 is 1.12 bits per heavy atom. The first kappa shape index (κ1) is 17.4. The van der Waals surface area contributed by atoms with Crippen LogP contribution in [-0.2, 0) is 16.8 Å². The summed E-state index contributed by atoms with van der Waals surface area (Å²) in [5, 5.41) is 2.80. The maximum atomic E-state index is 13.0. The standard InChI is InChI=1S/C19H20N2O3S/c1-3-14-10-11-16(25-14)15(22)12-21-17(23)19(4-2,20-18(21)24)13-8-6-5-7-9-13/h5-11H,3-4,12H2,1-2H3,(H,20,24). The normalized spacial score (nSPS) is 20.0. The number of benzene rings is 1. The number of nitrogens with one attached hydrogen (secondary N) is 1.